The minimum Gasteiger partial charge on any atom is -0.355 e. The summed E-state index contributed by atoms with van der Waals surface area (Å²) >= 11 is 0. The van der Waals surface area contributed by atoms with Crippen molar-refractivity contribution < 1.29 is 9.59 Å². The van der Waals surface area contributed by atoms with Gasteiger partial charge in [0.05, 0.1) is 12.2 Å². The van der Waals surface area contributed by atoms with Gasteiger partial charge in [-0.15, -0.1) is 0 Å². The van der Waals surface area contributed by atoms with Crippen molar-refractivity contribution in [3.05, 3.63) is 42.0 Å². The van der Waals surface area contributed by atoms with E-state index in [-0.39, 0.29) is 18.2 Å². The maximum absolute atomic E-state index is 12.3. The molecule has 0 bridgehead atoms. The van der Waals surface area contributed by atoms with Crippen LogP contribution in [0.1, 0.15) is 46.1 Å². The van der Waals surface area contributed by atoms with Gasteiger partial charge in [0.15, 0.2) is 0 Å². The Labute approximate surface area is 175 Å². The van der Waals surface area contributed by atoms with E-state index < -0.39 is 0 Å². The van der Waals surface area contributed by atoms with Crippen LogP contribution in [0.2, 0.25) is 0 Å². The zero-order valence-electron chi connectivity index (χ0n) is 18.3. The lowest BCUT2D eigenvalue weighted by Gasteiger charge is -2.29. The van der Waals surface area contributed by atoms with E-state index in [1.54, 1.807) is 5.01 Å². The summed E-state index contributed by atoms with van der Waals surface area (Å²) in [5.74, 6) is 1.17. The zero-order chi connectivity index (χ0) is 21.2. The van der Waals surface area contributed by atoms with E-state index in [1.807, 2.05) is 36.4 Å². The lowest BCUT2D eigenvalue weighted by molar-refractivity contribution is -0.133. The summed E-state index contributed by atoms with van der Waals surface area (Å²) in [7, 11) is 0. The van der Waals surface area contributed by atoms with Crippen molar-refractivity contribution >= 4 is 17.5 Å². The molecule has 0 unspecified atom stereocenters. The Morgan fingerprint density at radius 1 is 1.14 bits per heavy atom. The molecule has 0 saturated carbocycles. The van der Waals surface area contributed by atoms with Crippen LogP contribution in [-0.2, 0) is 9.59 Å². The number of carbonyl (C=O) groups is 2. The summed E-state index contributed by atoms with van der Waals surface area (Å²) in [5.41, 5.74) is 5.09. The third kappa shape index (κ3) is 8.28. The Kier molecular flexibility index (Phi) is 9.19. The lowest BCUT2D eigenvalue weighted by atomic mass is 10.1. The average molecular weight is 401 g/mol. The quantitative estimate of drug-likeness (QED) is 0.600. The largest absolute Gasteiger partial charge is 0.355 e. The summed E-state index contributed by atoms with van der Waals surface area (Å²) in [6.45, 7) is 12.8. The fraction of sp³-hybridized carbons (Fsp3) is 0.565. The molecule has 6 heteroatoms. The predicted octanol–water partition coefficient (Wildman–Crippen LogP) is 2.88. The van der Waals surface area contributed by atoms with Crippen molar-refractivity contribution in [2.75, 3.05) is 32.7 Å². The van der Waals surface area contributed by atoms with Crippen molar-refractivity contribution in [3.63, 3.8) is 0 Å². The van der Waals surface area contributed by atoms with Crippen LogP contribution < -0.4 is 10.7 Å². The van der Waals surface area contributed by atoms with Crippen LogP contribution in [-0.4, -0.2) is 54.4 Å². The summed E-state index contributed by atoms with van der Waals surface area (Å²) in [5, 5.41) is 4.54. The van der Waals surface area contributed by atoms with Gasteiger partial charge < -0.3 is 10.2 Å². The molecule has 160 valence electrons. The Bertz CT molecular complexity index is 675. The molecular weight excluding hydrogens is 364 g/mol. The molecule has 1 heterocycles. The number of hydrogen-bond acceptors (Lipinski definition) is 4. The third-order valence-electron chi connectivity index (χ3n) is 4.68. The van der Waals surface area contributed by atoms with Crippen LogP contribution in [0.25, 0.3) is 5.70 Å². The molecule has 1 aliphatic rings. The lowest BCUT2D eigenvalue weighted by Crippen LogP contribution is -2.46. The van der Waals surface area contributed by atoms with Crippen molar-refractivity contribution in [3.8, 4) is 0 Å². The average Bonchev–Trinajstić information content (AvgIpc) is 2.67. The molecular formula is C23H36N4O2. The molecule has 6 nitrogen and oxygen atoms in total. The highest BCUT2D eigenvalue weighted by Gasteiger charge is 2.20. The molecule has 1 aliphatic heterocycles. The van der Waals surface area contributed by atoms with E-state index in [0.717, 1.165) is 30.9 Å². The molecule has 0 radical (unpaired) electrons. The predicted molar refractivity (Wildman–Crippen MR) is 118 cm³/mol. The smallest absolute Gasteiger partial charge is 0.244 e. The minimum absolute atomic E-state index is 0.0162. The Hall–Kier alpha value is -2.34. The summed E-state index contributed by atoms with van der Waals surface area (Å²) in [4.78, 5) is 26.8. The molecule has 2 rings (SSSR count). The topological polar surface area (TPSA) is 64.7 Å². The van der Waals surface area contributed by atoms with E-state index in [1.165, 1.54) is 0 Å². The first-order chi connectivity index (χ1) is 13.8. The van der Waals surface area contributed by atoms with Gasteiger partial charge >= 0.3 is 0 Å². The molecule has 0 saturated heterocycles. The monoisotopic (exact) mass is 400 g/mol. The molecule has 0 aliphatic carbocycles. The highest BCUT2D eigenvalue weighted by atomic mass is 16.2. The fourth-order valence-corrected chi connectivity index (χ4v) is 3.48. The van der Waals surface area contributed by atoms with Gasteiger partial charge in [0.1, 0.15) is 0 Å². The molecule has 0 fully saturated rings. The Balaban J connectivity index is 1.75. The van der Waals surface area contributed by atoms with Crippen molar-refractivity contribution in [1.29, 1.82) is 0 Å². The Morgan fingerprint density at radius 3 is 2.41 bits per heavy atom. The number of benzene rings is 1. The van der Waals surface area contributed by atoms with Crippen LogP contribution in [0.4, 0.5) is 0 Å². The van der Waals surface area contributed by atoms with Crippen LogP contribution in [0.3, 0.4) is 0 Å². The van der Waals surface area contributed by atoms with E-state index in [2.05, 4.69) is 43.3 Å². The van der Waals surface area contributed by atoms with Crippen LogP contribution >= 0.6 is 0 Å². The minimum atomic E-state index is -0.0236. The van der Waals surface area contributed by atoms with Crippen LogP contribution in [0.15, 0.2) is 36.4 Å². The van der Waals surface area contributed by atoms with Gasteiger partial charge in [-0.2, -0.15) is 0 Å². The summed E-state index contributed by atoms with van der Waals surface area (Å²) in [6.07, 6.45) is 2.53. The van der Waals surface area contributed by atoms with E-state index in [9.17, 15) is 9.59 Å². The molecule has 0 aromatic heterocycles. The molecule has 2 amide bonds. The highest BCUT2D eigenvalue weighted by molar-refractivity contribution is 5.84. The number of hydrazine groups is 1. The second-order valence-electron chi connectivity index (χ2n) is 8.49. The maximum Gasteiger partial charge on any atom is 0.244 e. The van der Waals surface area contributed by atoms with E-state index >= 15 is 0 Å². The van der Waals surface area contributed by atoms with Gasteiger partial charge in [-0.1, -0.05) is 58.0 Å². The molecule has 2 N–H and O–H groups in total. The van der Waals surface area contributed by atoms with Gasteiger partial charge in [0.25, 0.3) is 0 Å². The van der Waals surface area contributed by atoms with Gasteiger partial charge in [-0.05, 0) is 23.5 Å². The summed E-state index contributed by atoms with van der Waals surface area (Å²) in [6, 6.07) is 9.89. The van der Waals surface area contributed by atoms with Crippen molar-refractivity contribution in [1.82, 2.24) is 20.7 Å². The molecule has 1 aromatic carbocycles. The number of carbonyl (C=O) groups excluding carboxylic acids is 2. The normalized spacial score (nSPS) is 14.4. The van der Waals surface area contributed by atoms with Gasteiger partial charge in [0.2, 0.25) is 11.8 Å². The molecule has 29 heavy (non-hydrogen) atoms. The van der Waals surface area contributed by atoms with E-state index in [0.29, 0.717) is 31.3 Å². The third-order valence-corrected chi connectivity index (χ3v) is 4.68. The highest BCUT2D eigenvalue weighted by Crippen LogP contribution is 2.17. The number of amides is 2. The standard InChI is InChI=1S/C23H36N4O2/c1-18(2)16-26(17-19(3)4)15-13-24-22(28)12-14-27-23(29)11-10-21(25-27)20-8-6-5-7-9-20/h5-10,18-19,25H,11-17H2,1-4H3,(H,24,28). The molecule has 0 atom stereocenters. The first-order valence-corrected chi connectivity index (χ1v) is 10.7. The van der Waals surface area contributed by atoms with Crippen LogP contribution in [0.5, 0.6) is 0 Å². The van der Waals surface area contributed by atoms with Gasteiger partial charge in [-0.3, -0.25) is 20.0 Å². The number of nitrogens with zero attached hydrogens (tertiary/aromatic N) is 2. The number of nitrogens with one attached hydrogen (secondary N) is 2. The summed E-state index contributed by atoms with van der Waals surface area (Å²) < 4.78 is 0. The molecule has 0 spiro atoms. The molecule has 1 aromatic rings. The SMILES string of the molecule is CC(C)CN(CCNC(=O)CCN1NC(c2ccccc2)=CCC1=O)CC(C)C. The fourth-order valence-electron chi connectivity index (χ4n) is 3.48. The number of rotatable bonds is 11. The first kappa shape index (κ1) is 22.9. The second kappa shape index (κ2) is 11.6. The van der Waals surface area contributed by atoms with Crippen molar-refractivity contribution in [2.45, 2.75) is 40.5 Å². The second-order valence-corrected chi connectivity index (χ2v) is 8.49. The Morgan fingerprint density at radius 2 is 1.79 bits per heavy atom. The number of hydrogen-bond donors (Lipinski definition) is 2. The zero-order valence-corrected chi connectivity index (χ0v) is 18.3. The van der Waals surface area contributed by atoms with Gasteiger partial charge in [0, 0.05) is 39.0 Å². The van der Waals surface area contributed by atoms with Crippen LogP contribution in [0, 0.1) is 11.8 Å². The van der Waals surface area contributed by atoms with E-state index in [4.69, 9.17) is 0 Å². The first-order valence-electron chi connectivity index (χ1n) is 10.7. The maximum atomic E-state index is 12.3. The van der Waals surface area contributed by atoms with Gasteiger partial charge in [-0.25, -0.2) is 0 Å². The van der Waals surface area contributed by atoms with Crippen molar-refractivity contribution in [2.24, 2.45) is 11.8 Å².